The number of nitrogens with one attached hydrogen (secondary N) is 2. The summed E-state index contributed by atoms with van der Waals surface area (Å²) in [7, 11) is 0. The second-order valence-corrected chi connectivity index (χ2v) is 6.97. The fourth-order valence-electron chi connectivity index (χ4n) is 3.11. The molecule has 2 aromatic carbocycles. The largest absolute Gasteiger partial charge is 0.391 e. The molecule has 0 aliphatic carbocycles. The highest BCUT2D eigenvalue weighted by Gasteiger charge is 2.10. The first-order valence-corrected chi connectivity index (χ1v) is 10.0. The van der Waals surface area contributed by atoms with Crippen molar-refractivity contribution in [3.05, 3.63) is 84.2 Å². The van der Waals surface area contributed by atoms with Gasteiger partial charge in [0.2, 0.25) is 0 Å². The Bertz CT molecular complexity index is 893. The maximum absolute atomic E-state index is 10.3. The van der Waals surface area contributed by atoms with E-state index in [0.29, 0.717) is 18.9 Å². The molecule has 0 aliphatic rings. The molecule has 0 fully saturated rings. The van der Waals surface area contributed by atoms with E-state index < -0.39 is 6.10 Å². The highest BCUT2D eigenvalue weighted by atomic mass is 16.3. The lowest BCUT2D eigenvalue weighted by Gasteiger charge is -2.19. The van der Waals surface area contributed by atoms with Crippen LogP contribution in [0.5, 0.6) is 0 Å². The van der Waals surface area contributed by atoms with E-state index in [-0.39, 0.29) is 6.04 Å². The molecule has 0 saturated heterocycles. The lowest BCUT2D eigenvalue weighted by Crippen LogP contribution is -2.39. The van der Waals surface area contributed by atoms with Crippen molar-refractivity contribution in [2.45, 2.75) is 32.4 Å². The third kappa shape index (κ3) is 6.19. The van der Waals surface area contributed by atoms with E-state index in [0.717, 1.165) is 23.4 Å². The zero-order valence-electron chi connectivity index (χ0n) is 17.0. The Morgan fingerprint density at radius 2 is 1.97 bits per heavy atom. The number of aromatic nitrogens is 2. The molecule has 3 rings (SSSR count). The van der Waals surface area contributed by atoms with Crippen molar-refractivity contribution in [2.24, 2.45) is 4.99 Å². The van der Waals surface area contributed by atoms with Gasteiger partial charge in [0, 0.05) is 25.4 Å². The van der Waals surface area contributed by atoms with Gasteiger partial charge in [-0.05, 0) is 43.2 Å². The molecular formula is C23H29N5O. The summed E-state index contributed by atoms with van der Waals surface area (Å²) in [6.45, 7) is 5.21. The zero-order chi connectivity index (χ0) is 20.5. The summed E-state index contributed by atoms with van der Waals surface area (Å²) in [5.74, 6) is 0.691. The van der Waals surface area contributed by atoms with Gasteiger partial charge in [0.1, 0.15) is 0 Å². The number of hydrogen-bond donors (Lipinski definition) is 3. The average Bonchev–Trinajstić information content (AvgIpc) is 3.28. The Morgan fingerprint density at radius 3 is 2.69 bits per heavy atom. The van der Waals surface area contributed by atoms with E-state index in [1.807, 2.05) is 66.3 Å². The Morgan fingerprint density at radius 1 is 1.14 bits per heavy atom. The third-order valence-corrected chi connectivity index (χ3v) is 4.61. The van der Waals surface area contributed by atoms with E-state index in [2.05, 4.69) is 39.8 Å². The fraction of sp³-hybridized carbons (Fsp3) is 0.304. The molecular weight excluding hydrogens is 362 g/mol. The number of aliphatic hydroxyl groups excluding tert-OH is 1. The number of aliphatic imine (C=N–C) groups is 1. The Labute approximate surface area is 172 Å². The predicted molar refractivity (Wildman–Crippen MR) is 117 cm³/mol. The second kappa shape index (κ2) is 10.4. The topological polar surface area (TPSA) is 74.5 Å². The number of hydrogen-bond acceptors (Lipinski definition) is 3. The van der Waals surface area contributed by atoms with Crippen LogP contribution in [0.3, 0.4) is 0 Å². The summed E-state index contributed by atoms with van der Waals surface area (Å²) in [4.78, 5) is 4.57. The molecule has 3 N–H and O–H groups in total. The molecule has 6 heteroatoms. The lowest BCUT2D eigenvalue weighted by atomic mass is 10.1. The summed E-state index contributed by atoms with van der Waals surface area (Å²) in [6.07, 6.45) is 3.76. The van der Waals surface area contributed by atoms with E-state index in [4.69, 9.17) is 0 Å². The number of aliphatic hydroxyl groups is 1. The van der Waals surface area contributed by atoms with Crippen molar-refractivity contribution in [3.8, 4) is 5.69 Å². The van der Waals surface area contributed by atoms with Crippen molar-refractivity contribution in [1.29, 1.82) is 0 Å². The molecule has 152 valence electrons. The molecule has 0 saturated carbocycles. The monoisotopic (exact) mass is 391 g/mol. The normalized spacial score (nSPS) is 13.7. The van der Waals surface area contributed by atoms with Gasteiger partial charge in [-0.15, -0.1) is 0 Å². The first kappa shape index (κ1) is 20.6. The van der Waals surface area contributed by atoms with Crippen molar-refractivity contribution in [2.75, 3.05) is 13.1 Å². The van der Waals surface area contributed by atoms with Crippen LogP contribution in [0.2, 0.25) is 0 Å². The van der Waals surface area contributed by atoms with Crippen LogP contribution in [0.25, 0.3) is 5.69 Å². The maximum Gasteiger partial charge on any atom is 0.191 e. The van der Waals surface area contributed by atoms with Gasteiger partial charge < -0.3 is 15.7 Å². The van der Waals surface area contributed by atoms with E-state index in [1.165, 1.54) is 0 Å². The molecule has 0 spiro atoms. The first-order chi connectivity index (χ1) is 14.2. The molecule has 1 aromatic heterocycles. The highest BCUT2D eigenvalue weighted by Crippen LogP contribution is 2.16. The quantitative estimate of drug-likeness (QED) is 0.407. The molecule has 29 heavy (non-hydrogen) atoms. The first-order valence-electron chi connectivity index (χ1n) is 10.0. The summed E-state index contributed by atoms with van der Waals surface area (Å²) in [5.41, 5.74) is 3.26. The summed E-state index contributed by atoms with van der Waals surface area (Å²) in [5, 5.41) is 21.3. The standard InChI is InChI=1S/C23H29N5O/c1-3-24-23(25-17-22(29)15-19-9-5-4-6-10-19)27-18(2)20-11-7-12-21(16-20)28-14-8-13-26-28/h4-14,16,18,22,29H,3,15,17H2,1-2H3,(H2,24,25,27). The number of rotatable bonds is 8. The Hall–Kier alpha value is -3.12. The van der Waals surface area contributed by atoms with Crippen molar-refractivity contribution >= 4 is 5.96 Å². The lowest BCUT2D eigenvalue weighted by molar-refractivity contribution is 0.183. The number of benzene rings is 2. The van der Waals surface area contributed by atoms with E-state index >= 15 is 0 Å². The maximum atomic E-state index is 10.3. The summed E-state index contributed by atoms with van der Waals surface area (Å²) >= 11 is 0. The molecule has 0 bridgehead atoms. The molecule has 2 atom stereocenters. The average molecular weight is 392 g/mol. The van der Waals surface area contributed by atoms with Gasteiger partial charge in [-0.3, -0.25) is 4.99 Å². The Kier molecular flexibility index (Phi) is 7.41. The summed E-state index contributed by atoms with van der Waals surface area (Å²) in [6, 6.07) is 20.2. The van der Waals surface area contributed by atoms with Gasteiger partial charge in [-0.25, -0.2) is 4.68 Å². The zero-order valence-corrected chi connectivity index (χ0v) is 17.0. The minimum absolute atomic E-state index is 0.0505. The number of guanidine groups is 1. The molecule has 0 aliphatic heterocycles. The van der Waals surface area contributed by atoms with Crippen LogP contribution >= 0.6 is 0 Å². The molecule has 3 aromatic rings. The van der Waals surface area contributed by atoms with Crippen LogP contribution in [-0.4, -0.2) is 40.0 Å². The molecule has 0 radical (unpaired) electrons. The van der Waals surface area contributed by atoms with Crippen LogP contribution in [0, 0.1) is 0 Å². The minimum Gasteiger partial charge on any atom is -0.391 e. The van der Waals surface area contributed by atoms with Gasteiger partial charge in [-0.1, -0.05) is 42.5 Å². The van der Waals surface area contributed by atoms with Gasteiger partial charge in [0.25, 0.3) is 0 Å². The van der Waals surface area contributed by atoms with Crippen LogP contribution in [0.15, 0.2) is 78.0 Å². The third-order valence-electron chi connectivity index (χ3n) is 4.61. The van der Waals surface area contributed by atoms with Gasteiger partial charge in [0.05, 0.1) is 24.4 Å². The molecule has 1 heterocycles. The van der Waals surface area contributed by atoms with Crippen LogP contribution in [0.4, 0.5) is 0 Å². The van der Waals surface area contributed by atoms with E-state index in [1.54, 1.807) is 6.20 Å². The molecule has 0 amide bonds. The fourth-order valence-corrected chi connectivity index (χ4v) is 3.11. The van der Waals surface area contributed by atoms with Gasteiger partial charge in [-0.2, -0.15) is 5.10 Å². The minimum atomic E-state index is -0.522. The van der Waals surface area contributed by atoms with Gasteiger partial charge in [0.15, 0.2) is 5.96 Å². The smallest absolute Gasteiger partial charge is 0.191 e. The van der Waals surface area contributed by atoms with E-state index in [9.17, 15) is 5.11 Å². The van der Waals surface area contributed by atoms with Crippen LogP contribution < -0.4 is 10.6 Å². The molecule has 2 unspecified atom stereocenters. The summed E-state index contributed by atoms with van der Waals surface area (Å²) < 4.78 is 1.84. The van der Waals surface area contributed by atoms with Crippen molar-refractivity contribution in [1.82, 2.24) is 20.4 Å². The van der Waals surface area contributed by atoms with Crippen molar-refractivity contribution in [3.63, 3.8) is 0 Å². The SMILES string of the molecule is CCNC(=NCC(O)Cc1ccccc1)NC(C)c1cccc(-n2cccn2)c1. The van der Waals surface area contributed by atoms with Crippen LogP contribution in [0.1, 0.15) is 31.0 Å². The second-order valence-electron chi connectivity index (χ2n) is 6.97. The number of nitrogens with zero attached hydrogens (tertiary/aromatic N) is 3. The Balaban J connectivity index is 1.63. The van der Waals surface area contributed by atoms with Crippen molar-refractivity contribution < 1.29 is 5.11 Å². The van der Waals surface area contributed by atoms with Crippen LogP contribution in [-0.2, 0) is 6.42 Å². The highest BCUT2D eigenvalue weighted by molar-refractivity contribution is 5.80. The predicted octanol–water partition coefficient (Wildman–Crippen LogP) is 3.09. The van der Waals surface area contributed by atoms with Gasteiger partial charge >= 0.3 is 0 Å². The molecule has 6 nitrogen and oxygen atoms in total.